The van der Waals surface area contributed by atoms with Gasteiger partial charge in [-0.2, -0.15) is 0 Å². The number of hydrogen-bond donors (Lipinski definition) is 13. The van der Waals surface area contributed by atoms with Crippen LogP contribution in [0, 0.1) is 11.8 Å². The topological polar surface area (TPSA) is 438 Å². The number of phosphoric acid groups is 3. The maximum absolute atomic E-state index is 11.4. The average molecular weight is 1140 g/mol. The van der Waals surface area contributed by atoms with Crippen molar-refractivity contribution >= 4 is 52.3 Å². The van der Waals surface area contributed by atoms with Gasteiger partial charge in [0.15, 0.2) is 29.0 Å². The molecule has 8 rings (SSSR count). The molecule has 4 aliphatic heterocycles. The lowest BCUT2D eigenvalue weighted by atomic mass is 10.1. The van der Waals surface area contributed by atoms with Crippen LogP contribution in [0.15, 0.2) is 62.0 Å². The molecule has 2 aromatic heterocycles. The van der Waals surface area contributed by atoms with E-state index in [1.165, 1.54) is 40.5 Å². The first-order valence-corrected chi connectivity index (χ1v) is 28.4. The van der Waals surface area contributed by atoms with E-state index in [-0.39, 0.29) is 61.4 Å². The first kappa shape index (κ1) is 61.1. The molecule has 4 fully saturated rings. The van der Waals surface area contributed by atoms with Gasteiger partial charge < -0.3 is 94.5 Å². The van der Waals surface area contributed by atoms with Crippen LogP contribution in [0.2, 0.25) is 0 Å². The van der Waals surface area contributed by atoms with E-state index in [0.29, 0.717) is 42.4 Å². The molecule has 6 aliphatic rings. The summed E-state index contributed by atoms with van der Waals surface area (Å²) in [5.74, 6) is -1.11. The van der Waals surface area contributed by atoms with Gasteiger partial charge in [-0.25, -0.2) is 28.6 Å². The number of carbonyl (C=O) groups excluding carboxylic acids is 2. The quantitative estimate of drug-likeness (QED) is 0.0571. The zero-order valence-corrected chi connectivity index (χ0v) is 44.2. The number of amides is 2. The SMILES string of the molecule is C=C1NC(=O)C=CN1[C@@H]1C[C@H](COP(=O)(O)O)[C@@H](O)C1O.C=C1NC(=O)C=CN1[C@@H]1C[C@H](COP(=O)(O)O)[C@H]2OC(C)(C)OC12.CCCCOCCCNc1ncnc2c1ncn2[C@@H]1O[C@H](COP(=O)(O)O)[C@@H](O)C1O. The Morgan fingerprint density at radius 1 is 0.737 bits per heavy atom. The predicted octanol–water partition coefficient (Wildman–Crippen LogP) is -0.783. The van der Waals surface area contributed by atoms with Gasteiger partial charge in [-0.05, 0) is 39.5 Å². The highest BCUT2D eigenvalue weighted by molar-refractivity contribution is 7.46. The third kappa shape index (κ3) is 16.5. The third-order valence-corrected chi connectivity index (χ3v) is 14.1. The van der Waals surface area contributed by atoms with Crippen LogP contribution in [0.25, 0.3) is 11.2 Å². The normalized spacial score (nSPS) is 30.2. The molecule has 34 heteroatoms. The molecule has 426 valence electrons. The molecule has 6 heterocycles. The molecule has 2 aliphatic carbocycles. The van der Waals surface area contributed by atoms with E-state index in [4.69, 9.17) is 48.3 Å². The van der Waals surface area contributed by atoms with Crippen LogP contribution in [-0.2, 0) is 55.8 Å². The van der Waals surface area contributed by atoms with Crippen molar-refractivity contribution in [3.63, 3.8) is 0 Å². The Morgan fingerprint density at radius 2 is 1.29 bits per heavy atom. The molecular weight excluding hydrogens is 1080 g/mol. The smallest absolute Gasteiger partial charge is 0.390 e. The molecule has 0 aromatic carbocycles. The number of phosphoric ester groups is 3. The molecule has 2 amide bonds. The van der Waals surface area contributed by atoms with E-state index in [9.17, 15) is 43.7 Å². The number of aromatic nitrogens is 4. The first-order valence-electron chi connectivity index (χ1n) is 23.8. The summed E-state index contributed by atoms with van der Waals surface area (Å²) in [6.45, 7) is 14.1. The molecule has 31 nitrogen and oxygen atoms in total. The minimum absolute atomic E-state index is 0.141. The highest BCUT2D eigenvalue weighted by atomic mass is 31.2. The Balaban J connectivity index is 0.000000189. The Morgan fingerprint density at radius 3 is 1.88 bits per heavy atom. The van der Waals surface area contributed by atoms with Gasteiger partial charge in [-0.15, -0.1) is 0 Å². The molecule has 0 spiro atoms. The molecule has 0 bridgehead atoms. The number of hydrogen-bond acceptors (Lipinski definition) is 22. The van der Waals surface area contributed by atoms with Crippen molar-refractivity contribution in [2.45, 2.75) is 120 Å². The van der Waals surface area contributed by atoms with Crippen LogP contribution in [0.4, 0.5) is 5.82 Å². The second-order valence-electron chi connectivity index (χ2n) is 18.7. The first-order chi connectivity index (χ1) is 35.6. The molecule has 12 atom stereocenters. The third-order valence-electron chi connectivity index (χ3n) is 12.7. The van der Waals surface area contributed by atoms with Crippen LogP contribution < -0.4 is 16.0 Å². The van der Waals surface area contributed by atoms with Gasteiger partial charge in [0.2, 0.25) is 0 Å². The second kappa shape index (κ2) is 25.8. The monoisotopic (exact) mass is 1140 g/mol. The second-order valence-corrected chi connectivity index (χ2v) is 22.4. The van der Waals surface area contributed by atoms with Crippen molar-refractivity contribution in [3.8, 4) is 0 Å². The summed E-state index contributed by atoms with van der Waals surface area (Å²) in [5, 5.41) is 48.8. The van der Waals surface area contributed by atoms with E-state index >= 15 is 0 Å². The standard InChI is InChI=1S/C17H28N5O8P.C14H21N2O7P.C11H17N2O7P/c1-2-3-6-28-7-4-5-18-15-12-16(20-9-19-15)22(10-21-12)17-14(24)13(23)11(30-17)8-29-31(25,26)27;1-8-15-11(17)4-5-16(8)10-6-9(7-21-24(18,19)20)12-13(10)23-14(2,3)22-12;1-6-12-9(14)2-3-13(6)8-4-7(10(15)11(8)16)5-20-21(17,18)19/h9-11,13-14,17,23-24H,2-8H2,1H3,(H,18,19,20)(H2,25,26,27);4-5,9-10,12-13H,1,6-7H2,2-3H3,(H,15,17)(H2,18,19,20);2-3,7-8,10-11,15-16H,1,4-5H2,(H,12,14)(H2,17,18,19)/t11-,13-,14?,17-;9-,10-,12-,13?;7-,8-,10-,11?/m111/s1. The lowest BCUT2D eigenvalue weighted by Crippen LogP contribution is -2.45. The van der Waals surface area contributed by atoms with Crippen LogP contribution in [0.5, 0.6) is 0 Å². The maximum Gasteiger partial charge on any atom is 0.469 e. The molecule has 13 N–H and O–H groups in total. The lowest BCUT2D eigenvalue weighted by Gasteiger charge is -2.34. The fourth-order valence-electron chi connectivity index (χ4n) is 9.18. The van der Waals surface area contributed by atoms with Gasteiger partial charge in [0.25, 0.3) is 11.8 Å². The van der Waals surface area contributed by atoms with Gasteiger partial charge in [-0.1, -0.05) is 26.5 Å². The lowest BCUT2D eigenvalue weighted by molar-refractivity contribution is -0.162. The maximum atomic E-state index is 11.4. The van der Waals surface area contributed by atoms with Crippen LogP contribution >= 0.6 is 23.5 Å². The number of unbranched alkanes of at least 4 members (excludes halogenated alkanes) is 1. The molecule has 2 aromatic rings. The van der Waals surface area contributed by atoms with E-state index in [1.54, 1.807) is 24.9 Å². The Kier molecular flexibility index (Phi) is 20.7. The summed E-state index contributed by atoms with van der Waals surface area (Å²) in [7, 11) is -13.9. The molecule has 0 radical (unpaired) electrons. The van der Waals surface area contributed by atoms with Crippen molar-refractivity contribution < 1.29 is 106 Å². The van der Waals surface area contributed by atoms with Gasteiger partial charge in [0.1, 0.15) is 48.5 Å². The summed E-state index contributed by atoms with van der Waals surface area (Å²) in [5.41, 5.74) is 0.819. The van der Waals surface area contributed by atoms with E-state index in [1.807, 2.05) is 0 Å². The number of ether oxygens (including phenoxy) is 4. The molecule has 3 unspecified atom stereocenters. The fraction of sp³-hybridized carbons (Fsp3) is 0.643. The molecular formula is C42H66N9O22P3. The minimum Gasteiger partial charge on any atom is -0.390 e. The summed E-state index contributed by atoms with van der Waals surface area (Å²) >= 11 is 0. The minimum atomic E-state index is -4.74. The zero-order chi connectivity index (χ0) is 55.9. The summed E-state index contributed by atoms with van der Waals surface area (Å²) < 4.78 is 70.4. The molecule has 2 saturated carbocycles. The number of aliphatic hydroxyl groups is 4. The van der Waals surface area contributed by atoms with E-state index in [0.717, 1.165) is 25.9 Å². The fourth-order valence-corrected chi connectivity index (χ4v) is 10.3. The number of nitrogens with one attached hydrogen (secondary N) is 3. The number of carbonyl (C=O) groups is 2. The van der Waals surface area contributed by atoms with Gasteiger partial charge in [0, 0.05) is 56.1 Å². The number of imidazole rings is 1. The van der Waals surface area contributed by atoms with Gasteiger partial charge >= 0.3 is 23.5 Å². The summed E-state index contributed by atoms with van der Waals surface area (Å²) in [4.78, 5) is 91.4. The highest BCUT2D eigenvalue weighted by Gasteiger charge is 2.56. The van der Waals surface area contributed by atoms with Gasteiger partial charge in [-0.3, -0.25) is 27.7 Å². The summed E-state index contributed by atoms with van der Waals surface area (Å²) in [6, 6.07) is -0.763. The number of anilines is 1. The Labute approximate surface area is 435 Å². The van der Waals surface area contributed by atoms with Crippen LogP contribution in [-0.4, -0.2) is 191 Å². The zero-order valence-electron chi connectivity index (χ0n) is 41.5. The number of aliphatic hydroxyl groups excluding tert-OH is 4. The van der Waals surface area contributed by atoms with Crippen LogP contribution in [0.3, 0.4) is 0 Å². The Hall–Kier alpha value is -4.14. The van der Waals surface area contributed by atoms with Crippen molar-refractivity contribution in [1.82, 2.24) is 40.0 Å². The largest absolute Gasteiger partial charge is 0.469 e. The number of nitrogens with zero attached hydrogens (tertiary/aromatic N) is 6. The van der Waals surface area contributed by atoms with Gasteiger partial charge in [0.05, 0.1) is 50.4 Å². The van der Waals surface area contributed by atoms with Crippen molar-refractivity contribution in [1.29, 1.82) is 0 Å². The molecule has 76 heavy (non-hydrogen) atoms. The highest BCUT2D eigenvalue weighted by Crippen LogP contribution is 2.47. The van der Waals surface area contributed by atoms with Crippen LogP contribution in [0.1, 0.15) is 59.1 Å². The Bertz CT molecular complexity index is 2580. The van der Waals surface area contributed by atoms with E-state index < -0.39 is 84.6 Å². The average Bonchev–Trinajstić information content (AvgIpc) is 4.12. The number of rotatable bonds is 20. The van der Waals surface area contributed by atoms with Crippen molar-refractivity contribution in [3.05, 3.63) is 62.0 Å². The van der Waals surface area contributed by atoms with E-state index in [2.05, 4.69) is 64.6 Å². The summed E-state index contributed by atoms with van der Waals surface area (Å²) in [6.07, 6.45) is 4.05. The number of fused-ring (bicyclic) bond motifs is 2. The van der Waals surface area contributed by atoms with Crippen molar-refractivity contribution in [2.24, 2.45) is 11.8 Å². The predicted molar refractivity (Wildman–Crippen MR) is 260 cm³/mol. The van der Waals surface area contributed by atoms with Crippen molar-refractivity contribution in [2.75, 3.05) is 44.9 Å². The molecule has 2 saturated heterocycles.